The predicted octanol–water partition coefficient (Wildman–Crippen LogP) is 5.14. The zero-order chi connectivity index (χ0) is 28.1. The molecule has 2 atom stereocenters. The molecule has 1 aliphatic carbocycles. The minimum Gasteiger partial charge on any atom is -0.492 e. The Kier molecular flexibility index (Phi) is 6.72. The van der Waals surface area contributed by atoms with Crippen LogP contribution in [0.3, 0.4) is 0 Å². The van der Waals surface area contributed by atoms with Crippen LogP contribution in [0.25, 0.3) is 17.0 Å². The quantitative estimate of drug-likeness (QED) is 0.318. The molecule has 2 saturated heterocycles. The topological polar surface area (TPSA) is 71.8 Å². The second-order valence-electron chi connectivity index (χ2n) is 11.3. The van der Waals surface area contributed by atoms with Crippen molar-refractivity contribution in [3.05, 3.63) is 75.3 Å². The first-order valence-electron chi connectivity index (χ1n) is 14.0. The molecule has 3 heterocycles. The first kappa shape index (κ1) is 26.3. The monoisotopic (exact) mass is 543 g/mol. The molecule has 3 aromatic rings. The third-order valence-corrected chi connectivity index (χ3v) is 8.61. The van der Waals surface area contributed by atoms with Gasteiger partial charge in [0.15, 0.2) is 17.3 Å². The molecule has 3 fully saturated rings. The number of hydrogen-bond acceptors (Lipinski definition) is 5. The Balaban J connectivity index is 1.43. The number of carbonyl (C=O) groups is 2. The number of rotatable bonds is 6. The summed E-state index contributed by atoms with van der Waals surface area (Å²) in [6.07, 6.45) is 8.44. The van der Waals surface area contributed by atoms with E-state index in [1.807, 2.05) is 45.6 Å². The van der Waals surface area contributed by atoms with Crippen molar-refractivity contribution in [3.63, 3.8) is 0 Å². The number of hydrogen-bond donors (Lipinski definition) is 0. The normalized spacial score (nSPS) is 20.8. The Morgan fingerprint density at radius 2 is 1.85 bits per heavy atom. The molecule has 1 aromatic heterocycles. The number of methoxy groups -OCH3 is 1. The van der Waals surface area contributed by atoms with Crippen LogP contribution in [0.1, 0.15) is 60.1 Å². The number of aryl methyl sites for hydroxylation is 1. The molecule has 0 bridgehead atoms. The Morgan fingerprint density at radius 1 is 1.10 bits per heavy atom. The van der Waals surface area contributed by atoms with Crippen LogP contribution >= 0.6 is 0 Å². The van der Waals surface area contributed by atoms with Crippen molar-refractivity contribution in [1.29, 1.82) is 0 Å². The molecule has 2 aromatic carbocycles. The van der Waals surface area contributed by atoms with E-state index in [2.05, 4.69) is 0 Å². The highest BCUT2D eigenvalue weighted by Gasteiger charge is 2.42. The fourth-order valence-electron chi connectivity index (χ4n) is 6.44. The molecule has 1 amide bonds. The van der Waals surface area contributed by atoms with Gasteiger partial charge in [0, 0.05) is 38.8 Å². The maximum Gasteiger partial charge on any atom is 0.219 e. The third-order valence-electron chi connectivity index (χ3n) is 8.61. The number of likely N-dealkylation sites (tertiary alicyclic amines) is 1. The number of ketones is 1. The van der Waals surface area contributed by atoms with Gasteiger partial charge in [-0.05, 0) is 56.2 Å². The van der Waals surface area contributed by atoms with E-state index >= 15 is 4.39 Å². The number of anilines is 1. The Bertz CT molecular complexity index is 1590. The summed E-state index contributed by atoms with van der Waals surface area (Å²) >= 11 is 0. The molecular formula is C32H34FN3O4. The average molecular weight is 544 g/mol. The SMILES string of the molecule is COc1c(N2CC3CCCN(C(C)=O)C3C2)c(F)cc2c(=O)c(C(=O)C=Cc3ccc(C)cc3)cn(C3CC3)c12. The lowest BCUT2D eigenvalue weighted by atomic mass is 9.92. The average Bonchev–Trinajstić information content (AvgIpc) is 3.69. The summed E-state index contributed by atoms with van der Waals surface area (Å²) in [6.45, 7) is 5.42. The molecule has 208 valence electrons. The van der Waals surface area contributed by atoms with E-state index in [0.717, 1.165) is 43.4 Å². The van der Waals surface area contributed by atoms with Gasteiger partial charge in [-0.25, -0.2) is 4.39 Å². The molecule has 7 nitrogen and oxygen atoms in total. The molecule has 1 saturated carbocycles. The largest absolute Gasteiger partial charge is 0.492 e. The number of fused-ring (bicyclic) bond motifs is 2. The van der Waals surface area contributed by atoms with Crippen molar-refractivity contribution < 1.29 is 18.7 Å². The van der Waals surface area contributed by atoms with Crippen LogP contribution in [0.15, 0.2) is 47.4 Å². The van der Waals surface area contributed by atoms with Crippen molar-refractivity contribution in [1.82, 2.24) is 9.47 Å². The van der Waals surface area contributed by atoms with Gasteiger partial charge in [0.2, 0.25) is 11.3 Å². The van der Waals surface area contributed by atoms with Crippen LogP contribution in [-0.2, 0) is 4.79 Å². The van der Waals surface area contributed by atoms with E-state index in [0.29, 0.717) is 30.0 Å². The van der Waals surface area contributed by atoms with Gasteiger partial charge < -0.3 is 19.1 Å². The van der Waals surface area contributed by atoms with Crippen LogP contribution in [0.2, 0.25) is 0 Å². The van der Waals surface area contributed by atoms with Crippen molar-refractivity contribution in [2.75, 3.05) is 31.6 Å². The summed E-state index contributed by atoms with van der Waals surface area (Å²) in [5.41, 5.74) is 2.32. The first-order chi connectivity index (χ1) is 19.3. The smallest absolute Gasteiger partial charge is 0.219 e. The molecule has 2 aliphatic heterocycles. The third kappa shape index (κ3) is 4.59. The van der Waals surface area contributed by atoms with Gasteiger partial charge in [0.25, 0.3) is 0 Å². The highest BCUT2D eigenvalue weighted by Crippen LogP contribution is 2.45. The van der Waals surface area contributed by atoms with Crippen molar-refractivity contribution in [3.8, 4) is 5.75 Å². The summed E-state index contributed by atoms with van der Waals surface area (Å²) in [5, 5.41) is 0.140. The summed E-state index contributed by atoms with van der Waals surface area (Å²) < 4.78 is 23.7. The standard InChI is InChI=1S/C32H34FN3O4/c1-19-6-8-21(9-7-19)10-13-28(38)25-17-36(23-11-12-23)29-24(31(25)39)15-26(33)30(32(29)40-3)34-16-22-5-4-14-35(20(2)37)27(22)18-34/h6-10,13,15,17,22-23,27H,4-5,11-12,14,16,18H2,1-3H3. The minimum absolute atomic E-state index is 0.0151. The molecule has 0 N–H and O–H groups in total. The lowest BCUT2D eigenvalue weighted by molar-refractivity contribution is -0.132. The molecule has 8 heteroatoms. The zero-order valence-corrected chi connectivity index (χ0v) is 23.2. The second-order valence-corrected chi connectivity index (χ2v) is 11.3. The fourth-order valence-corrected chi connectivity index (χ4v) is 6.44. The van der Waals surface area contributed by atoms with Gasteiger partial charge in [0.1, 0.15) is 5.69 Å². The zero-order valence-electron chi connectivity index (χ0n) is 23.2. The van der Waals surface area contributed by atoms with Crippen LogP contribution in [0, 0.1) is 18.7 Å². The van der Waals surface area contributed by atoms with Gasteiger partial charge >= 0.3 is 0 Å². The lowest BCUT2D eigenvalue weighted by Gasteiger charge is -2.36. The number of carbonyl (C=O) groups excluding carboxylic acids is 2. The molecule has 3 aliphatic rings. The van der Waals surface area contributed by atoms with Crippen LogP contribution in [-0.4, -0.2) is 53.9 Å². The van der Waals surface area contributed by atoms with E-state index in [-0.39, 0.29) is 34.9 Å². The number of halogens is 1. The molecule has 2 unspecified atom stereocenters. The molecule has 0 radical (unpaired) electrons. The van der Waals surface area contributed by atoms with E-state index in [9.17, 15) is 14.4 Å². The number of amides is 1. The number of aromatic nitrogens is 1. The minimum atomic E-state index is -0.559. The van der Waals surface area contributed by atoms with Crippen LogP contribution in [0.5, 0.6) is 5.75 Å². The first-order valence-corrected chi connectivity index (χ1v) is 14.0. The predicted molar refractivity (Wildman–Crippen MR) is 154 cm³/mol. The van der Waals surface area contributed by atoms with E-state index < -0.39 is 17.0 Å². The van der Waals surface area contributed by atoms with Crippen molar-refractivity contribution in [2.45, 2.75) is 51.6 Å². The number of allylic oxidation sites excluding steroid dienone is 1. The highest BCUT2D eigenvalue weighted by molar-refractivity contribution is 6.08. The summed E-state index contributed by atoms with van der Waals surface area (Å²) in [7, 11) is 1.49. The maximum atomic E-state index is 16.0. The van der Waals surface area contributed by atoms with Crippen molar-refractivity contribution >= 4 is 34.4 Å². The van der Waals surface area contributed by atoms with Crippen LogP contribution < -0.4 is 15.1 Å². The van der Waals surface area contributed by atoms with E-state index in [1.165, 1.54) is 19.3 Å². The summed E-state index contributed by atoms with van der Waals surface area (Å²) in [4.78, 5) is 43.0. The number of pyridine rings is 1. The summed E-state index contributed by atoms with van der Waals surface area (Å²) in [6, 6.07) is 9.13. The Labute approximate surface area is 232 Å². The van der Waals surface area contributed by atoms with Gasteiger partial charge in [-0.15, -0.1) is 0 Å². The molecular weight excluding hydrogens is 509 g/mol. The lowest BCUT2D eigenvalue weighted by Crippen LogP contribution is -2.47. The van der Waals surface area contributed by atoms with E-state index in [1.54, 1.807) is 19.2 Å². The van der Waals surface area contributed by atoms with Gasteiger partial charge in [-0.1, -0.05) is 35.9 Å². The molecule has 40 heavy (non-hydrogen) atoms. The Morgan fingerprint density at radius 3 is 2.52 bits per heavy atom. The molecule has 6 rings (SSSR count). The van der Waals surface area contributed by atoms with Gasteiger partial charge in [0.05, 0.1) is 29.6 Å². The Hall–Kier alpha value is -3.94. The summed E-state index contributed by atoms with van der Waals surface area (Å²) in [5.74, 6) is -0.377. The van der Waals surface area contributed by atoms with Crippen LogP contribution in [0.4, 0.5) is 10.1 Å². The fraction of sp³-hybridized carbons (Fsp3) is 0.406. The number of benzene rings is 2. The number of ether oxygens (including phenoxy) is 1. The highest BCUT2D eigenvalue weighted by atomic mass is 19.1. The molecule has 0 spiro atoms. The van der Waals surface area contributed by atoms with Crippen molar-refractivity contribution in [2.24, 2.45) is 5.92 Å². The number of piperidine rings is 1. The van der Waals surface area contributed by atoms with Gasteiger partial charge in [-0.2, -0.15) is 0 Å². The maximum absolute atomic E-state index is 16.0. The number of nitrogens with zero attached hydrogens (tertiary/aromatic N) is 3. The van der Waals surface area contributed by atoms with Gasteiger partial charge in [-0.3, -0.25) is 14.4 Å². The van der Waals surface area contributed by atoms with E-state index in [4.69, 9.17) is 4.74 Å². The second kappa shape index (κ2) is 10.2.